The standard InChI is InChI=1S/C28H40S/c1-10-11-12-16-22(5)27(29)24(7)25(20(2)3)19-18-23(6)28(8,9)26-17-14-13-15-21(26)4/h13-15,17-19,29H,2,5,10-12,16H2,1,3-4,6-9H3/b23-18-,25-19-,27-24+. The molecule has 158 valence electrons. The molecule has 0 unspecified atom stereocenters. The Kier molecular flexibility index (Phi) is 10.00. The minimum absolute atomic E-state index is 0.0345. The molecule has 0 amide bonds. The first-order valence-electron chi connectivity index (χ1n) is 10.7. The normalized spacial score (nSPS) is 13.9. The van der Waals surface area contributed by atoms with E-state index in [1.54, 1.807) is 0 Å². The van der Waals surface area contributed by atoms with Gasteiger partial charge in [-0.15, -0.1) is 12.6 Å². The summed E-state index contributed by atoms with van der Waals surface area (Å²) in [7, 11) is 0. The van der Waals surface area contributed by atoms with Crippen molar-refractivity contribution in [3.8, 4) is 0 Å². The summed E-state index contributed by atoms with van der Waals surface area (Å²) >= 11 is 4.81. The molecule has 0 atom stereocenters. The number of allylic oxidation sites excluding steroid dienone is 7. The number of hydrogen-bond acceptors (Lipinski definition) is 1. The zero-order valence-electron chi connectivity index (χ0n) is 19.7. The van der Waals surface area contributed by atoms with Crippen molar-refractivity contribution in [1.82, 2.24) is 0 Å². The lowest BCUT2D eigenvalue weighted by Crippen LogP contribution is -2.20. The molecule has 1 aromatic carbocycles. The first-order valence-corrected chi connectivity index (χ1v) is 11.2. The van der Waals surface area contributed by atoms with Gasteiger partial charge in [-0.2, -0.15) is 0 Å². The van der Waals surface area contributed by atoms with Gasteiger partial charge < -0.3 is 0 Å². The lowest BCUT2D eigenvalue weighted by atomic mass is 9.76. The van der Waals surface area contributed by atoms with Gasteiger partial charge in [0.25, 0.3) is 0 Å². The van der Waals surface area contributed by atoms with E-state index >= 15 is 0 Å². The van der Waals surface area contributed by atoms with Crippen LogP contribution in [-0.2, 0) is 5.41 Å². The van der Waals surface area contributed by atoms with Crippen molar-refractivity contribution in [2.75, 3.05) is 0 Å². The molecule has 0 aliphatic heterocycles. The summed E-state index contributed by atoms with van der Waals surface area (Å²) < 4.78 is 0. The Morgan fingerprint density at radius 2 is 1.66 bits per heavy atom. The molecule has 0 radical (unpaired) electrons. The fourth-order valence-electron chi connectivity index (χ4n) is 3.59. The zero-order chi connectivity index (χ0) is 22.2. The van der Waals surface area contributed by atoms with Crippen molar-refractivity contribution in [1.29, 1.82) is 0 Å². The molecule has 29 heavy (non-hydrogen) atoms. The Balaban J connectivity index is 3.24. The van der Waals surface area contributed by atoms with Crippen LogP contribution >= 0.6 is 12.6 Å². The second-order valence-corrected chi connectivity index (χ2v) is 9.13. The third-order valence-electron chi connectivity index (χ3n) is 5.94. The minimum atomic E-state index is -0.0345. The molecule has 1 heteroatoms. The van der Waals surface area contributed by atoms with Crippen LogP contribution in [-0.4, -0.2) is 0 Å². The van der Waals surface area contributed by atoms with Crippen LogP contribution in [0.4, 0.5) is 0 Å². The molecule has 0 spiro atoms. The van der Waals surface area contributed by atoms with E-state index in [1.165, 1.54) is 36.0 Å². The lowest BCUT2D eigenvalue weighted by molar-refractivity contribution is 0.619. The van der Waals surface area contributed by atoms with Crippen molar-refractivity contribution in [2.24, 2.45) is 0 Å². The molecule has 0 aliphatic carbocycles. The summed E-state index contributed by atoms with van der Waals surface area (Å²) in [5.41, 5.74) is 8.44. The van der Waals surface area contributed by atoms with Crippen molar-refractivity contribution in [2.45, 2.75) is 79.6 Å². The van der Waals surface area contributed by atoms with Gasteiger partial charge in [-0.05, 0) is 68.4 Å². The third kappa shape index (κ3) is 6.93. The van der Waals surface area contributed by atoms with E-state index in [-0.39, 0.29) is 5.41 Å². The van der Waals surface area contributed by atoms with Crippen LogP contribution in [0.25, 0.3) is 0 Å². The molecule has 1 rings (SSSR count). The molecular weight excluding hydrogens is 368 g/mol. The highest BCUT2D eigenvalue weighted by molar-refractivity contribution is 7.84. The minimum Gasteiger partial charge on any atom is -0.143 e. The maximum atomic E-state index is 4.81. The first-order chi connectivity index (χ1) is 13.5. The highest BCUT2D eigenvalue weighted by Gasteiger charge is 2.23. The SMILES string of the molecule is C=C(C)C(=C/C=C(/C)C(C)(C)c1ccccc1C)/C(C)=C(/S)C(=C)CCCCC. The van der Waals surface area contributed by atoms with E-state index in [0.29, 0.717) is 0 Å². The molecule has 0 heterocycles. The maximum absolute atomic E-state index is 4.81. The average molecular weight is 409 g/mol. The van der Waals surface area contributed by atoms with E-state index in [1.807, 2.05) is 0 Å². The van der Waals surface area contributed by atoms with Crippen molar-refractivity contribution < 1.29 is 0 Å². The van der Waals surface area contributed by atoms with E-state index in [4.69, 9.17) is 12.6 Å². The van der Waals surface area contributed by atoms with Gasteiger partial charge in [-0.3, -0.25) is 0 Å². The van der Waals surface area contributed by atoms with Crippen LogP contribution in [0.2, 0.25) is 0 Å². The molecule has 0 aliphatic rings. The number of benzene rings is 1. The maximum Gasteiger partial charge on any atom is 0.0108 e. The Hall–Kier alpha value is -1.73. The summed E-state index contributed by atoms with van der Waals surface area (Å²) in [6.45, 7) is 23.9. The fourth-order valence-corrected chi connectivity index (χ4v) is 3.82. The molecule has 0 nitrogen and oxygen atoms in total. The molecule has 0 N–H and O–H groups in total. The van der Waals surface area contributed by atoms with E-state index in [0.717, 1.165) is 33.6 Å². The molecule has 1 aromatic rings. The van der Waals surface area contributed by atoms with E-state index in [9.17, 15) is 0 Å². The summed E-state index contributed by atoms with van der Waals surface area (Å²) in [5, 5.41) is 0. The number of rotatable bonds is 10. The van der Waals surface area contributed by atoms with Crippen LogP contribution in [0.15, 0.2) is 82.3 Å². The largest absolute Gasteiger partial charge is 0.143 e. The summed E-state index contributed by atoms with van der Waals surface area (Å²) in [5.74, 6) is 0. The van der Waals surface area contributed by atoms with Crippen molar-refractivity contribution >= 4 is 12.6 Å². The van der Waals surface area contributed by atoms with Gasteiger partial charge in [0.2, 0.25) is 0 Å². The summed E-state index contributed by atoms with van der Waals surface area (Å²) in [4.78, 5) is 1.000. The predicted octanol–water partition coefficient (Wildman–Crippen LogP) is 9.06. The Labute approximate surface area is 185 Å². The van der Waals surface area contributed by atoms with Crippen LogP contribution in [0.1, 0.15) is 78.4 Å². The quantitative estimate of drug-likeness (QED) is 0.223. The fraction of sp³-hybridized carbons (Fsp3) is 0.429. The zero-order valence-corrected chi connectivity index (χ0v) is 20.5. The highest BCUT2D eigenvalue weighted by atomic mass is 32.1. The molecular formula is C28H40S. The summed E-state index contributed by atoms with van der Waals surface area (Å²) in [6.07, 6.45) is 9.06. The lowest BCUT2D eigenvalue weighted by Gasteiger charge is -2.28. The van der Waals surface area contributed by atoms with Crippen LogP contribution < -0.4 is 0 Å². The van der Waals surface area contributed by atoms with Crippen LogP contribution in [0, 0.1) is 6.92 Å². The van der Waals surface area contributed by atoms with Gasteiger partial charge in [-0.25, -0.2) is 0 Å². The monoisotopic (exact) mass is 408 g/mol. The molecule has 0 aromatic heterocycles. The number of unbranched alkanes of at least 4 members (excludes halogenated alkanes) is 2. The molecule has 0 saturated carbocycles. The first kappa shape index (κ1) is 25.3. The highest BCUT2D eigenvalue weighted by Crippen LogP contribution is 2.34. The predicted molar refractivity (Wildman–Crippen MR) is 136 cm³/mol. The Bertz CT molecular complexity index is 828. The van der Waals surface area contributed by atoms with E-state index in [2.05, 4.69) is 98.0 Å². The van der Waals surface area contributed by atoms with Crippen molar-refractivity contribution in [3.05, 3.63) is 93.5 Å². The number of aryl methyl sites for hydroxylation is 1. The Morgan fingerprint density at radius 3 is 2.21 bits per heavy atom. The summed E-state index contributed by atoms with van der Waals surface area (Å²) in [6, 6.07) is 8.64. The van der Waals surface area contributed by atoms with Gasteiger partial charge in [0, 0.05) is 10.3 Å². The smallest absolute Gasteiger partial charge is 0.0108 e. The van der Waals surface area contributed by atoms with Gasteiger partial charge >= 0.3 is 0 Å². The number of hydrogen-bond donors (Lipinski definition) is 1. The Morgan fingerprint density at radius 1 is 1.03 bits per heavy atom. The van der Waals surface area contributed by atoms with Crippen LogP contribution in [0.5, 0.6) is 0 Å². The molecule has 0 bridgehead atoms. The van der Waals surface area contributed by atoms with E-state index < -0.39 is 0 Å². The van der Waals surface area contributed by atoms with Crippen molar-refractivity contribution in [3.63, 3.8) is 0 Å². The van der Waals surface area contributed by atoms with Gasteiger partial charge in [0.1, 0.15) is 0 Å². The number of thiol groups is 1. The molecule has 0 fully saturated rings. The van der Waals surface area contributed by atoms with Gasteiger partial charge in [0.05, 0.1) is 0 Å². The topological polar surface area (TPSA) is 0 Å². The molecule has 0 saturated heterocycles. The second kappa shape index (κ2) is 11.5. The average Bonchev–Trinajstić information content (AvgIpc) is 2.67. The van der Waals surface area contributed by atoms with Crippen LogP contribution in [0.3, 0.4) is 0 Å². The third-order valence-corrected chi connectivity index (χ3v) is 6.59. The second-order valence-electron chi connectivity index (χ2n) is 8.68. The van der Waals surface area contributed by atoms with Gasteiger partial charge in [0.15, 0.2) is 0 Å². The van der Waals surface area contributed by atoms with Gasteiger partial charge in [-0.1, -0.05) is 94.3 Å².